The number of carbonyl (C=O) groups excluding carboxylic acids is 1. The van der Waals surface area contributed by atoms with Gasteiger partial charge in [0, 0.05) is 38.6 Å². The lowest BCUT2D eigenvalue weighted by atomic mass is 10.2. The number of imidazole rings is 1. The van der Waals surface area contributed by atoms with Gasteiger partial charge in [0.25, 0.3) is 0 Å². The lowest BCUT2D eigenvalue weighted by Gasteiger charge is -2.37. The number of aromatic amines is 1. The van der Waals surface area contributed by atoms with Crippen molar-refractivity contribution in [1.82, 2.24) is 20.2 Å². The van der Waals surface area contributed by atoms with E-state index < -0.39 is 6.09 Å². The highest BCUT2D eigenvalue weighted by Gasteiger charge is 2.33. The molecule has 1 atom stereocenters. The summed E-state index contributed by atoms with van der Waals surface area (Å²) >= 11 is 10.5. The fourth-order valence-corrected chi connectivity index (χ4v) is 4.08. The number of carbonyl (C=O) groups is 1. The summed E-state index contributed by atoms with van der Waals surface area (Å²) in [5.41, 5.74) is 0.986. The highest BCUT2D eigenvalue weighted by Crippen LogP contribution is 2.28. The van der Waals surface area contributed by atoms with Gasteiger partial charge in [-0.05, 0) is 25.1 Å². The molecule has 0 saturated carbocycles. The molecule has 2 aliphatic heterocycles. The van der Waals surface area contributed by atoms with Crippen molar-refractivity contribution in [3.05, 3.63) is 42.2 Å². The molecule has 31 heavy (non-hydrogen) atoms. The first-order valence-electron chi connectivity index (χ1n) is 9.98. The number of hydrogen-bond acceptors (Lipinski definition) is 6. The van der Waals surface area contributed by atoms with Crippen LogP contribution in [-0.2, 0) is 4.74 Å². The van der Waals surface area contributed by atoms with Gasteiger partial charge in [-0.15, -0.1) is 0 Å². The van der Waals surface area contributed by atoms with Crippen LogP contribution in [0.1, 0.15) is 12.7 Å². The average molecular weight is 463 g/mol. The zero-order valence-corrected chi connectivity index (χ0v) is 18.6. The summed E-state index contributed by atoms with van der Waals surface area (Å²) in [5.74, 6) is 0.300. The van der Waals surface area contributed by atoms with Gasteiger partial charge in [0.1, 0.15) is 16.9 Å². The van der Waals surface area contributed by atoms with E-state index in [1.54, 1.807) is 31.5 Å². The molecule has 0 radical (unpaired) electrons. The molecule has 1 aromatic heterocycles. The number of ether oxygens (including phenoxy) is 1. The number of amides is 1. The van der Waals surface area contributed by atoms with Gasteiger partial charge in [0.05, 0.1) is 29.5 Å². The molecule has 8 nitrogen and oxygen atoms in total. The molecule has 2 aliphatic rings. The molecule has 2 fully saturated rings. The molecule has 0 unspecified atom stereocenters. The second-order valence-electron chi connectivity index (χ2n) is 7.41. The van der Waals surface area contributed by atoms with Gasteiger partial charge >= 0.3 is 6.09 Å². The number of thiocarbonyl (C=S) groups is 2. The summed E-state index contributed by atoms with van der Waals surface area (Å²) < 4.78 is 20.3. The van der Waals surface area contributed by atoms with E-state index in [-0.39, 0.29) is 11.9 Å². The van der Waals surface area contributed by atoms with Gasteiger partial charge in [-0.3, -0.25) is 4.90 Å². The standard InChI is InChI=1S/C20H23FN6O2S2/c1-13(30)24-11-15-12-27(20(28)29-15)14-2-3-17(16(21)10-14)25-6-8-26(9-7-25)19(31)18-22-4-5-23-18/h2-5,10,15H,6-9,11-12H2,1H3,(H,22,23)(H,24,30)/t15-/m0/s1. The number of hydrogen-bond donors (Lipinski definition) is 2. The maximum Gasteiger partial charge on any atom is 0.414 e. The summed E-state index contributed by atoms with van der Waals surface area (Å²) in [5, 5.41) is 2.99. The number of piperazine rings is 1. The maximum atomic E-state index is 14.9. The van der Waals surface area contributed by atoms with E-state index in [1.807, 2.05) is 4.90 Å². The van der Waals surface area contributed by atoms with Crippen LogP contribution in [0.25, 0.3) is 0 Å². The number of benzene rings is 1. The minimum absolute atomic E-state index is 0.334. The van der Waals surface area contributed by atoms with Gasteiger partial charge in [-0.25, -0.2) is 14.2 Å². The van der Waals surface area contributed by atoms with Crippen molar-refractivity contribution in [2.75, 3.05) is 49.1 Å². The molecule has 11 heteroatoms. The summed E-state index contributed by atoms with van der Waals surface area (Å²) in [6.07, 6.45) is 2.59. The van der Waals surface area contributed by atoms with E-state index in [0.717, 1.165) is 0 Å². The molecule has 1 aromatic carbocycles. The lowest BCUT2D eigenvalue weighted by molar-refractivity contribution is 0.143. The van der Waals surface area contributed by atoms with E-state index >= 15 is 0 Å². The Morgan fingerprint density at radius 2 is 2.10 bits per heavy atom. The van der Waals surface area contributed by atoms with E-state index in [9.17, 15) is 9.18 Å². The zero-order valence-electron chi connectivity index (χ0n) is 17.0. The normalized spacial score (nSPS) is 18.8. The highest BCUT2D eigenvalue weighted by molar-refractivity contribution is 7.80. The fraction of sp³-hybridized carbons (Fsp3) is 0.400. The summed E-state index contributed by atoms with van der Waals surface area (Å²) in [7, 11) is 0. The third kappa shape index (κ3) is 4.77. The predicted molar refractivity (Wildman–Crippen MR) is 124 cm³/mol. The highest BCUT2D eigenvalue weighted by atomic mass is 32.1. The maximum absolute atomic E-state index is 14.9. The van der Waals surface area contributed by atoms with Crippen LogP contribution in [0.3, 0.4) is 0 Å². The van der Waals surface area contributed by atoms with Crippen LogP contribution in [0, 0.1) is 5.82 Å². The van der Waals surface area contributed by atoms with Crippen molar-refractivity contribution in [3.63, 3.8) is 0 Å². The first-order valence-corrected chi connectivity index (χ1v) is 10.8. The Kier molecular flexibility index (Phi) is 6.33. The van der Waals surface area contributed by atoms with Crippen LogP contribution in [0.4, 0.5) is 20.6 Å². The quantitative estimate of drug-likeness (QED) is 0.656. The van der Waals surface area contributed by atoms with Crippen LogP contribution in [0.15, 0.2) is 30.6 Å². The molecule has 0 spiro atoms. The Morgan fingerprint density at radius 3 is 2.74 bits per heavy atom. The number of nitrogens with zero attached hydrogens (tertiary/aromatic N) is 4. The van der Waals surface area contributed by atoms with Gasteiger partial charge in [0.15, 0.2) is 5.82 Å². The molecule has 4 rings (SSSR count). The molecule has 2 N–H and O–H groups in total. The lowest BCUT2D eigenvalue weighted by Crippen LogP contribution is -2.49. The smallest absolute Gasteiger partial charge is 0.414 e. The molecular weight excluding hydrogens is 439 g/mol. The molecule has 0 bridgehead atoms. The van der Waals surface area contributed by atoms with Crippen LogP contribution in [0.5, 0.6) is 0 Å². The third-order valence-electron chi connectivity index (χ3n) is 5.30. The number of cyclic esters (lactones) is 1. The number of rotatable bonds is 5. The number of anilines is 2. The van der Waals surface area contributed by atoms with Crippen molar-refractivity contribution in [1.29, 1.82) is 0 Å². The van der Waals surface area contributed by atoms with Crippen molar-refractivity contribution >= 4 is 51.9 Å². The molecule has 2 saturated heterocycles. The first-order chi connectivity index (χ1) is 14.9. The molecule has 1 amide bonds. The number of halogens is 1. The van der Waals surface area contributed by atoms with Crippen LogP contribution >= 0.6 is 24.4 Å². The minimum atomic E-state index is -0.485. The van der Waals surface area contributed by atoms with Crippen molar-refractivity contribution < 1.29 is 13.9 Å². The monoisotopic (exact) mass is 462 g/mol. The second-order valence-corrected chi connectivity index (χ2v) is 8.41. The van der Waals surface area contributed by atoms with Crippen LogP contribution in [-0.4, -0.2) is 76.3 Å². The summed E-state index contributed by atoms with van der Waals surface area (Å²) in [4.78, 5) is 26.2. The summed E-state index contributed by atoms with van der Waals surface area (Å²) in [6, 6.07) is 4.85. The van der Waals surface area contributed by atoms with E-state index in [4.69, 9.17) is 29.2 Å². The van der Waals surface area contributed by atoms with Crippen molar-refractivity contribution in [3.8, 4) is 0 Å². The Hall–Kier alpha value is -2.79. The second kappa shape index (κ2) is 9.15. The van der Waals surface area contributed by atoms with Gasteiger partial charge in [0.2, 0.25) is 0 Å². The van der Waals surface area contributed by atoms with Crippen LogP contribution in [0.2, 0.25) is 0 Å². The van der Waals surface area contributed by atoms with Crippen LogP contribution < -0.4 is 15.1 Å². The Balaban J connectivity index is 1.38. The minimum Gasteiger partial charge on any atom is -0.442 e. The molecule has 3 heterocycles. The van der Waals surface area contributed by atoms with E-state index in [2.05, 4.69) is 20.2 Å². The Bertz CT molecular complexity index is 978. The molecule has 164 valence electrons. The SMILES string of the molecule is CC(=S)NC[C@H]1CN(c2ccc(N3CCN(C(=S)c4ncc[nH]4)CC3)c(F)c2)C(=O)O1. The third-order valence-corrected chi connectivity index (χ3v) is 5.90. The van der Waals surface area contributed by atoms with Crippen molar-refractivity contribution in [2.24, 2.45) is 0 Å². The van der Waals surface area contributed by atoms with E-state index in [1.165, 1.54) is 11.0 Å². The van der Waals surface area contributed by atoms with Gasteiger partial charge < -0.3 is 24.8 Å². The predicted octanol–water partition coefficient (Wildman–Crippen LogP) is 2.31. The van der Waals surface area contributed by atoms with Gasteiger partial charge in [-0.2, -0.15) is 0 Å². The Morgan fingerprint density at radius 1 is 1.32 bits per heavy atom. The largest absolute Gasteiger partial charge is 0.442 e. The first kappa shape index (κ1) is 21.4. The number of aromatic nitrogens is 2. The molecule has 2 aromatic rings. The zero-order chi connectivity index (χ0) is 22.0. The fourth-order valence-electron chi connectivity index (χ4n) is 3.70. The van der Waals surface area contributed by atoms with Crippen molar-refractivity contribution in [2.45, 2.75) is 13.0 Å². The van der Waals surface area contributed by atoms with E-state index in [0.29, 0.717) is 66.4 Å². The molecule has 0 aliphatic carbocycles. The number of nitrogens with one attached hydrogen (secondary N) is 2. The van der Waals surface area contributed by atoms with Gasteiger partial charge in [-0.1, -0.05) is 24.4 Å². The number of H-pyrrole nitrogens is 1. The average Bonchev–Trinajstić information content (AvgIpc) is 3.42. The summed E-state index contributed by atoms with van der Waals surface area (Å²) in [6.45, 7) is 5.15. The Labute approximate surface area is 190 Å². The molecular formula is C20H23FN6O2S2. The topological polar surface area (TPSA) is 76.7 Å².